The van der Waals surface area contributed by atoms with Gasteiger partial charge in [-0.15, -0.1) is 0 Å². The maximum atomic E-state index is 12.9. The van der Waals surface area contributed by atoms with E-state index < -0.39 is 17.8 Å². The molecule has 0 aliphatic heterocycles. The van der Waals surface area contributed by atoms with Crippen LogP contribution in [0, 0.1) is 11.8 Å². The van der Waals surface area contributed by atoms with Crippen molar-refractivity contribution in [2.24, 2.45) is 0 Å². The lowest BCUT2D eigenvalue weighted by atomic mass is 9.99. The van der Waals surface area contributed by atoms with Crippen molar-refractivity contribution in [2.75, 3.05) is 0 Å². The van der Waals surface area contributed by atoms with Gasteiger partial charge >= 0.3 is 0 Å². The van der Waals surface area contributed by atoms with E-state index in [0.29, 0.717) is 11.1 Å². The number of carbonyl (C=O) groups is 1. The first-order valence-electron chi connectivity index (χ1n) is 5.32. The lowest BCUT2D eigenvalue weighted by molar-refractivity contribution is -0.404. The number of aromatic nitrogens is 1. The third-order valence-corrected chi connectivity index (χ3v) is 2.60. The SMILES string of the molecule is [NH3+]C(C(=O)c1ccc(F)cc1)c1ccnc(F)c1. The van der Waals surface area contributed by atoms with Gasteiger partial charge in [0.1, 0.15) is 5.82 Å². The molecule has 0 saturated heterocycles. The molecule has 1 aromatic heterocycles. The maximum absolute atomic E-state index is 12.9. The molecule has 0 aliphatic carbocycles. The number of halogens is 2. The second-order valence-electron chi connectivity index (χ2n) is 3.84. The summed E-state index contributed by atoms with van der Waals surface area (Å²) in [5.41, 5.74) is 4.49. The van der Waals surface area contributed by atoms with E-state index in [2.05, 4.69) is 10.7 Å². The average Bonchev–Trinajstić information content (AvgIpc) is 2.38. The molecule has 0 radical (unpaired) electrons. The molecule has 0 saturated carbocycles. The highest BCUT2D eigenvalue weighted by molar-refractivity contribution is 5.99. The normalized spacial score (nSPS) is 12.2. The van der Waals surface area contributed by atoms with E-state index in [1.807, 2.05) is 0 Å². The summed E-state index contributed by atoms with van der Waals surface area (Å²) >= 11 is 0. The predicted octanol–water partition coefficient (Wildman–Crippen LogP) is 1.53. The van der Waals surface area contributed by atoms with Gasteiger partial charge in [-0.25, -0.2) is 9.37 Å². The minimum Gasteiger partial charge on any atom is -0.345 e. The van der Waals surface area contributed by atoms with Crippen LogP contribution in [-0.4, -0.2) is 10.8 Å². The fraction of sp³-hybridized carbons (Fsp3) is 0.0769. The summed E-state index contributed by atoms with van der Waals surface area (Å²) < 4.78 is 25.7. The van der Waals surface area contributed by atoms with Gasteiger partial charge in [0.2, 0.25) is 11.7 Å². The summed E-state index contributed by atoms with van der Waals surface area (Å²) in [4.78, 5) is 15.5. The van der Waals surface area contributed by atoms with Gasteiger partial charge in [0.25, 0.3) is 0 Å². The Morgan fingerprint density at radius 3 is 2.44 bits per heavy atom. The van der Waals surface area contributed by atoms with Crippen LogP contribution >= 0.6 is 0 Å². The van der Waals surface area contributed by atoms with Crippen molar-refractivity contribution < 1.29 is 19.3 Å². The summed E-state index contributed by atoms with van der Waals surface area (Å²) in [6, 6.07) is 7.12. The van der Waals surface area contributed by atoms with Crippen molar-refractivity contribution in [1.29, 1.82) is 0 Å². The summed E-state index contributed by atoms with van der Waals surface area (Å²) in [7, 11) is 0. The van der Waals surface area contributed by atoms with Crippen molar-refractivity contribution >= 4 is 5.78 Å². The molecule has 0 fully saturated rings. The Kier molecular flexibility index (Phi) is 3.43. The summed E-state index contributed by atoms with van der Waals surface area (Å²) in [5.74, 6) is -1.37. The van der Waals surface area contributed by atoms with E-state index in [1.54, 1.807) is 0 Å². The van der Waals surface area contributed by atoms with Crippen molar-refractivity contribution in [3.05, 3.63) is 65.5 Å². The highest BCUT2D eigenvalue weighted by Crippen LogP contribution is 2.15. The van der Waals surface area contributed by atoms with Gasteiger partial charge in [-0.2, -0.15) is 4.39 Å². The molecular weight excluding hydrogens is 238 g/mol. The van der Waals surface area contributed by atoms with Crippen molar-refractivity contribution in [3.63, 3.8) is 0 Å². The topological polar surface area (TPSA) is 57.6 Å². The zero-order valence-corrected chi connectivity index (χ0v) is 9.44. The zero-order valence-electron chi connectivity index (χ0n) is 9.44. The highest BCUT2D eigenvalue weighted by Gasteiger charge is 2.21. The number of ketones is 1. The second-order valence-corrected chi connectivity index (χ2v) is 3.84. The monoisotopic (exact) mass is 249 g/mol. The maximum Gasteiger partial charge on any atom is 0.224 e. The number of quaternary nitrogens is 1. The van der Waals surface area contributed by atoms with Gasteiger partial charge in [-0.3, -0.25) is 4.79 Å². The molecule has 1 atom stereocenters. The smallest absolute Gasteiger partial charge is 0.224 e. The second kappa shape index (κ2) is 5.01. The Morgan fingerprint density at radius 2 is 1.83 bits per heavy atom. The van der Waals surface area contributed by atoms with Crippen LogP contribution in [0.5, 0.6) is 0 Å². The average molecular weight is 249 g/mol. The Hall–Kier alpha value is -2.14. The van der Waals surface area contributed by atoms with E-state index in [0.717, 1.165) is 0 Å². The lowest BCUT2D eigenvalue weighted by Crippen LogP contribution is -2.57. The molecular formula is C13H11F2N2O+. The molecule has 0 spiro atoms. The fourth-order valence-corrected chi connectivity index (χ4v) is 1.60. The van der Waals surface area contributed by atoms with E-state index in [4.69, 9.17) is 0 Å². The first-order chi connectivity index (χ1) is 8.58. The first kappa shape index (κ1) is 12.3. The number of carbonyl (C=O) groups excluding carboxylic acids is 1. The van der Waals surface area contributed by atoms with E-state index in [9.17, 15) is 13.6 Å². The Bertz CT molecular complexity index is 569. The molecule has 1 heterocycles. The summed E-state index contributed by atoms with van der Waals surface area (Å²) in [5, 5.41) is 0. The minimum absolute atomic E-state index is 0.291. The molecule has 3 N–H and O–H groups in total. The lowest BCUT2D eigenvalue weighted by Gasteiger charge is -2.07. The zero-order chi connectivity index (χ0) is 13.1. The molecule has 92 valence electrons. The quantitative estimate of drug-likeness (QED) is 0.662. The number of rotatable bonds is 3. The van der Waals surface area contributed by atoms with Crippen molar-refractivity contribution in [1.82, 2.24) is 4.98 Å². The molecule has 1 aromatic carbocycles. The third-order valence-electron chi connectivity index (χ3n) is 2.60. The van der Waals surface area contributed by atoms with Crippen LogP contribution in [0.15, 0.2) is 42.6 Å². The molecule has 2 rings (SSSR count). The van der Waals surface area contributed by atoms with Gasteiger partial charge in [0.05, 0.1) is 0 Å². The molecule has 0 aliphatic rings. The molecule has 1 unspecified atom stereocenters. The number of pyridine rings is 1. The molecule has 0 amide bonds. The van der Waals surface area contributed by atoms with Crippen LogP contribution in [0.4, 0.5) is 8.78 Å². The summed E-state index contributed by atoms with van der Waals surface area (Å²) in [6.07, 6.45) is 1.28. The van der Waals surface area contributed by atoms with Crippen LogP contribution in [0.3, 0.4) is 0 Å². The largest absolute Gasteiger partial charge is 0.345 e. The molecule has 3 nitrogen and oxygen atoms in total. The van der Waals surface area contributed by atoms with Crippen LogP contribution in [-0.2, 0) is 0 Å². The van der Waals surface area contributed by atoms with E-state index in [-0.39, 0.29) is 5.78 Å². The summed E-state index contributed by atoms with van der Waals surface area (Å²) in [6.45, 7) is 0. The molecule has 2 aromatic rings. The van der Waals surface area contributed by atoms with Crippen LogP contribution < -0.4 is 5.73 Å². The van der Waals surface area contributed by atoms with Gasteiger partial charge in [-0.05, 0) is 30.3 Å². The highest BCUT2D eigenvalue weighted by atomic mass is 19.1. The molecule has 18 heavy (non-hydrogen) atoms. The Labute approximate surface area is 102 Å². The predicted molar refractivity (Wildman–Crippen MR) is 60.6 cm³/mol. The fourth-order valence-electron chi connectivity index (χ4n) is 1.60. The van der Waals surface area contributed by atoms with Crippen LogP contribution in [0.1, 0.15) is 22.0 Å². The van der Waals surface area contributed by atoms with Gasteiger partial charge in [0.15, 0.2) is 6.04 Å². The standard InChI is InChI=1S/C13H10F2N2O/c14-10-3-1-8(2-4-10)13(18)12(16)9-5-6-17-11(15)7-9/h1-7,12H,16H2/p+1. The Morgan fingerprint density at radius 1 is 1.17 bits per heavy atom. The van der Waals surface area contributed by atoms with Crippen LogP contribution in [0.2, 0.25) is 0 Å². The molecule has 0 bridgehead atoms. The van der Waals surface area contributed by atoms with E-state index in [1.165, 1.54) is 42.6 Å². The number of hydrogen-bond acceptors (Lipinski definition) is 2. The van der Waals surface area contributed by atoms with E-state index >= 15 is 0 Å². The number of nitrogens with zero attached hydrogens (tertiary/aromatic N) is 1. The van der Waals surface area contributed by atoms with Gasteiger partial charge in [-0.1, -0.05) is 0 Å². The number of Topliss-reactive ketones (excluding diaryl/α,β-unsaturated/α-hetero) is 1. The van der Waals surface area contributed by atoms with Gasteiger partial charge in [0, 0.05) is 23.4 Å². The Balaban J connectivity index is 2.26. The number of benzene rings is 1. The minimum atomic E-state index is -0.743. The number of hydrogen-bond donors (Lipinski definition) is 1. The van der Waals surface area contributed by atoms with Gasteiger partial charge < -0.3 is 5.73 Å². The van der Waals surface area contributed by atoms with Crippen molar-refractivity contribution in [2.45, 2.75) is 6.04 Å². The van der Waals surface area contributed by atoms with Crippen LogP contribution in [0.25, 0.3) is 0 Å². The van der Waals surface area contributed by atoms with Crippen molar-refractivity contribution in [3.8, 4) is 0 Å². The first-order valence-corrected chi connectivity index (χ1v) is 5.32. The molecule has 5 heteroatoms. The third kappa shape index (κ3) is 2.57.